The van der Waals surface area contributed by atoms with Crippen LogP contribution in [0.5, 0.6) is 0 Å². The van der Waals surface area contributed by atoms with Crippen molar-refractivity contribution in [1.82, 2.24) is 4.57 Å². The van der Waals surface area contributed by atoms with E-state index in [1.807, 2.05) is 0 Å². The van der Waals surface area contributed by atoms with Crippen LogP contribution in [0, 0.1) is 18.3 Å². The van der Waals surface area contributed by atoms with Crippen molar-refractivity contribution in [3.63, 3.8) is 0 Å². The summed E-state index contributed by atoms with van der Waals surface area (Å²) in [6.07, 6.45) is -4.92. The van der Waals surface area contributed by atoms with Gasteiger partial charge < -0.3 is 9.30 Å². The first-order chi connectivity index (χ1) is 10.7. The summed E-state index contributed by atoms with van der Waals surface area (Å²) in [6, 6.07) is 5.18. The number of rotatable bonds is 3. The largest absolute Gasteiger partial charge is 0.467 e. The number of aromatic nitrogens is 1. The van der Waals surface area contributed by atoms with Crippen LogP contribution in [-0.4, -0.2) is 17.6 Å². The molecule has 2 rings (SSSR count). The maximum Gasteiger partial charge on any atom is 0.417 e. The molecule has 1 aromatic carbocycles. The van der Waals surface area contributed by atoms with Crippen molar-refractivity contribution in [3.05, 3.63) is 35.0 Å². The number of aryl methyl sites for hydroxylation is 1. The Morgan fingerprint density at radius 1 is 1.43 bits per heavy atom. The molecular formula is C16H15F3N2O2. The van der Waals surface area contributed by atoms with Gasteiger partial charge in [0.1, 0.15) is 6.04 Å². The molecule has 0 amide bonds. The van der Waals surface area contributed by atoms with Gasteiger partial charge in [0.15, 0.2) is 0 Å². The van der Waals surface area contributed by atoms with Crippen molar-refractivity contribution in [3.8, 4) is 6.07 Å². The molecule has 23 heavy (non-hydrogen) atoms. The van der Waals surface area contributed by atoms with Gasteiger partial charge in [0.05, 0.1) is 25.2 Å². The normalized spacial score (nSPS) is 12.9. The Bertz CT molecular complexity index is 800. The van der Waals surface area contributed by atoms with Crippen molar-refractivity contribution in [2.24, 2.45) is 0 Å². The van der Waals surface area contributed by atoms with E-state index in [2.05, 4.69) is 4.74 Å². The van der Waals surface area contributed by atoms with E-state index in [0.717, 1.165) is 0 Å². The maximum atomic E-state index is 13.5. The fourth-order valence-electron chi connectivity index (χ4n) is 2.84. The Morgan fingerprint density at radius 3 is 2.61 bits per heavy atom. The quantitative estimate of drug-likeness (QED) is 0.808. The Labute approximate surface area is 131 Å². The third-order valence-electron chi connectivity index (χ3n) is 3.78. The van der Waals surface area contributed by atoms with E-state index in [9.17, 15) is 18.0 Å². The number of carbonyl (C=O) groups excluding carboxylic acids is 1. The predicted molar refractivity (Wildman–Crippen MR) is 77.7 cm³/mol. The number of halogens is 3. The maximum absolute atomic E-state index is 13.5. The molecule has 0 radical (unpaired) electrons. The van der Waals surface area contributed by atoms with E-state index in [-0.39, 0.29) is 22.9 Å². The van der Waals surface area contributed by atoms with E-state index < -0.39 is 23.8 Å². The molecule has 1 unspecified atom stereocenters. The van der Waals surface area contributed by atoms with Gasteiger partial charge in [-0.05, 0) is 31.5 Å². The second-order valence-corrected chi connectivity index (χ2v) is 5.22. The van der Waals surface area contributed by atoms with E-state index in [1.165, 1.54) is 29.9 Å². The van der Waals surface area contributed by atoms with Gasteiger partial charge in [-0.2, -0.15) is 18.4 Å². The highest BCUT2D eigenvalue weighted by Gasteiger charge is 2.36. The van der Waals surface area contributed by atoms with Crippen LogP contribution in [-0.2, 0) is 22.1 Å². The summed E-state index contributed by atoms with van der Waals surface area (Å²) in [5, 5.41) is 8.74. The standard InChI is InChI=1S/C16H15F3N2O2/c1-9-8-12-13(21(9)10(2)15(22)23-3)5-4-11(6-7-20)14(12)16(17,18)19/h4-5,8,10H,6H2,1-3H3. The average Bonchev–Trinajstić information content (AvgIpc) is 2.80. The van der Waals surface area contributed by atoms with Crippen LogP contribution in [0.1, 0.15) is 29.8 Å². The minimum atomic E-state index is -4.58. The van der Waals surface area contributed by atoms with Crippen LogP contribution < -0.4 is 0 Å². The molecule has 122 valence electrons. The van der Waals surface area contributed by atoms with E-state index >= 15 is 0 Å². The van der Waals surface area contributed by atoms with Crippen LogP contribution in [0.3, 0.4) is 0 Å². The number of esters is 1. The lowest BCUT2D eigenvalue weighted by molar-refractivity contribution is -0.144. The number of ether oxygens (including phenoxy) is 1. The number of carbonyl (C=O) groups is 1. The highest BCUT2D eigenvalue weighted by molar-refractivity contribution is 5.88. The van der Waals surface area contributed by atoms with Crippen LogP contribution in [0.4, 0.5) is 13.2 Å². The summed E-state index contributed by atoms with van der Waals surface area (Å²) in [5.74, 6) is -0.541. The van der Waals surface area contributed by atoms with E-state index in [4.69, 9.17) is 5.26 Å². The van der Waals surface area contributed by atoms with Crippen molar-refractivity contribution in [1.29, 1.82) is 5.26 Å². The van der Waals surface area contributed by atoms with Crippen molar-refractivity contribution in [2.75, 3.05) is 7.11 Å². The highest BCUT2D eigenvalue weighted by Crippen LogP contribution is 2.39. The fraction of sp³-hybridized carbons (Fsp3) is 0.375. The molecule has 0 bridgehead atoms. The van der Waals surface area contributed by atoms with Gasteiger partial charge in [0, 0.05) is 16.6 Å². The molecule has 0 aliphatic carbocycles. The molecule has 0 saturated carbocycles. The number of alkyl halides is 3. The third-order valence-corrected chi connectivity index (χ3v) is 3.78. The lowest BCUT2D eigenvalue weighted by Crippen LogP contribution is -2.18. The molecule has 0 saturated heterocycles. The van der Waals surface area contributed by atoms with Gasteiger partial charge >= 0.3 is 12.1 Å². The van der Waals surface area contributed by atoms with Crippen molar-refractivity contribution >= 4 is 16.9 Å². The Morgan fingerprint density at radius 2 is 2.09 bits per heavy atom. The lowest BCUT2D eigenvalue weighted by Gasteiger charge is -2.17. The number of hydrogen-bond donors (Lipinski definition) is 0. The van der Waals surface area contributed by atoms with Gasteiger partial charge in [-0.1, -0.05) is 6.07 Å². The molecule has 1 heterocycles. The number of hydrogen-bond acceptors (Lipinski definition) is 3. The summed E-state index contributed by atoms with van der Waals surface area (Å²) < 4.78 is 46.6. The first kappa shape index (κ1) is 16.9. The highest BCUT2D eigenvalue weighted by atomic mass is 19.4. The van der Waals surface area contributed by atoms with Crippen molar-refractivity contribution in [2.45, 2.75) is 32.5 Å². The molecule has 7 heteroatoms. The SMILES string of the molecule is COC(=O)C(C)n1c(C)cc2c(C(F)(F)F)c(CC#N)ccc21. The number of methoxy groups -OCH3 is 1. The zero-order valence-corrected chi connectivity index (χ0v) is 12.9. The number of benzene rings is 1. The monoisotopic (exact) mass is 324 g/mol. The summed E-state index contributed by atoms with van der Waals surface area (Å²) >= 11 is 0. The zero-order valence-electron chi connectivity index (χ0n) is 12.9. The van der Waals surface area contributed by atoms with Crippen LogP contribution in [0.25, 0.3) is 10.9 Å². The van der Waals surface area contributed by atoms with Crippen LogP contribution in [0.15, 0.2) is 18.2 Å². The molecule has 0 N–H and O–H groups in total. The van der Waals surface area contributed by atoms with Crippen LogP contribution in [0.2, 0.25) is 0 Å². The van der Waals surface area contributed by atoms with Crippen LogP contribution >= 0.6 is 0 Å². The second kappa shape index (κ2) is 5.95. The fourth-order valence-corrected chi connectivity index (χ4v) is 2.84. The van der Waals surface area contributed by atoms with Gasteiger partial charge in [0.2, 0.25) is 0 Å². The molecule has 0 aliphatic heterocycles. The summed E-state index contributed by atoms with van der Waals surface area (Å²) in [4.78, 5) is 11.7. The minimum Gasteiger partial charge on any atom is -0.467 e. The van der Waals surface area contributed by atoms with Gasteiger partial charge in [0.25, 0.3) is 0 Å². The lowest BCUT2D eigenvalue weighted by atomic mass is 10.0. The van der Waals surface area contributed by atoms with E-state index in [1.54, 1.807) is 19.9 Å². The Balaban J connectivity index is 2.80. The van der Waals surface area contributed by atoms with Gasteiger partial charge in [-0.25, -0.2) is 4.79 Å². The molecule has 0 fully saturated rings. The summed E-state index contributed by atoms with van der Waals surface area (Å²) in [5.41, 5.74) is -0.0993. The number of nitrogens with zero attached hydrogens (tertiary/aromatic N) is 2. The topological polar surface area (TPSA) is 55.0 Å². The molecule has 4 nitrogen and oxygen atoms in total. The Hall–Kier alpha value is -2.49. The van der Waals surface area contributed by atoms with Gasteiger partial charge in [-0.3, -0.25) is 0 Å². The first-order valence-corrected chi connectivity index (χ1v) is 6.87. The Kier molecular flexibility index (Phi) is 4.37. The molecule has 1 atom stereocenters. The zero-order chi connectivity index (χ0) is 17.4. The molecule has 1 aromatic heterocycles. The third kappa shape index (κ3) is 2.89. The molecular weight excluding hydrogens is 309 g/mol. The summed E-state index contributed by atoms with van der Waals surface area (Å²) in [6.45, 7) is 3.19. The van der Waals surface area contributed by atoms with Gasteiger partial charge in [-0.15, -0.1) is 0 Å². The van der Waals surface area contributed by atoms with E-state index in [0.29, 0.717) is 5.69 Å². The minimum absolute atomic E-state index is 0.0153. The second-order valence-electron chi connectivity index (χ2n) is 5.22. The molecule has 0 aliphatic rings. The number of nitriles is 1. The first-order valence-electron chi connectivity index (χ1n) is 6.87. The van der Waals surface area contributed by atoms with Crippen molar-refractivity contribution < 1.29 is 22.7 Å². The molecule has 2 aromatic rings. The smallest absolute Gasteiger partial charge is 0.417 e. The predicted octanol–water partition coefficient (Wildman–Crippen LogP) is 3.77. The average molecular weight is 324 g/mol. The summed E-state index contributed by atoms with van der Waals surface area (Å²) in [7, 11) is 1.23. The number of fused-ring (bicyclic) bond motifs is 1. The molecule has 0 spiro atoms.